The quantitative estimate of drug-likeness (QED) is 0.537. The average molecular weight is 284 g/mol. The summed E-state index contributed by atoms with van der Waals surface area (Å²) in [6.07, 6.45) is 1.72. The lowest BCUT2D eigenvalue weighted by Gasteiger charge is -1.94. The topological polar surface area (TPSA) is 37.9 Å². The Hall–Kier alpha value is -2.36. The molecular formula is C13H13BF4N2. The van der Waals surface area contributed by atoms with Crippen LogP contribution in [0.2, 0.25) is 0 Å². The number of aryl methyl sites for hydroxylation is 1. The highest BCUT2D eigenvalue weighted by molar-refractivity contribution is 6.50. The van der Waals surface area contributed by atoms with E-state index in [0.29, 0.717) is 5.69 Å². The van der Waals surface area contributed by atoms with Crippen molar-refractivity contribution in [1.29, 1.82) is 5.26 Å². The Balaban J connectivity index is 0.000000280. The van der Waals surface area contributed by atoms with Crippen LogP contribution in [0, 0.1) is 18.3 Å². The van der Waals surface area contributed by atoms with Gasteiger partial charge in [0.1, 0.15) is 0 Å². The maximum absolute atomic E-state index is 9.75. The molecule has 1 N–H and O–H groups in total. The molecule has 0 bridgehead atoms. The van der Waals surface area contributed by atoms with Crippen LogP contribution in [0.4, 0.5) is 17.3 Å². The molecule has 0 spiro atoms. The first kappa shape index (κ1) is 17.6. The van der Waals surface area contributed by atoms with Crippen molar-refractivity contribution in [3.63, 3.8) is 0 Å². The molecule has 2 aromatic rings. The van der Waals surface area contributed by atoms with Crippen LogP contribution in [-0.4, -0.2) is 7.25 Å². The Morgan fingerprint density at radius 1 is 0.950 bits per heavy atom. The minimum atomic E-state index is -6.00. The molecule has 1 aromatic carbocycles. The standard InChI is InChI=1S/C7H8.C6H4N2.BF4/c1-7-5-3-2-4-6-7;7-5-6-3-1-2-4-8-6;2-1(3,4)5/h2-6H,1H3;1-4H;/q;;-1/p+1. The number of benzene rings is 1. The number of rotatable bonds is 0. The molecule has 106 valence electrons. The predicted molar refractivity (Wildman–Crippen MR) is 69.1 cm³/mol. The fourth-order valence-corrected chi connectivity index (χ4v) is 0.997. The Morgan fingerprint density at radius 3 is 1.70 bits per heavy atom. The molecule has 1 heterocycles. The maximum Gasteiger partial charge on any atom is 0.673 e. The van der Waals surface area contributed by atoms with E-state index in [9.17, 15) is 17.3 Å². The minimum Gasteiger partial charge on any atom is -0.418 e. The predicted octanol–water partition coefficient (Wildman–Crippen LogP) is 3.67. The van der Waals surface area contributed by atoms with Crippen LogP contribution >= 0.6 is 0 Å². The summed E-state index contributed by atoms with van der Waals surface area (Å²) in [7, 11) is -6.00. The van der Waals surface area contributed by atoms with Crippen LogP contribution in [-0.2, 0) is 0 Å². The number of hydrogen-bond acceptors (Lipinski definition) is 1. The molecule has 0 saturated carbocycles. The molecule has 0 aliphatic carbocycles. The second kappa shape index (κ2) is 9.56. The first-order valence-corrected chi connectivity index (χ1v) is 5.58. The maximum atomic E-state index is 9.75. The van der Waals surface area contributed by atoms with Crippen LogP contribution in [0.15, 0.2) is 54.7 Å². The number of pyridine rings is 1. The van der Waals surface area contributed by atoms with Gasteiger partial charge >= 0.3 is 7.25 Å². The van der Waals surface area contributed by atoms with Crippen molar-refractivity contribution in [2.24, 2.45) is 0 Å². The largest absolute Gasteiger partial charge is 0.673 e. The van der Waals surface area contributed by atoms with E-state index >= 15 is 0 Å². The van der Waals surface area contributed by atoms with Crippen molar-refractivity contribution in [1.82, 2.24) is 0 Å². The molecule has 2 rings (SSSR count). The van der Waals surface area contributed by atoms with E-state index in [0.717, 1.165) is 0 Å². The Bertz CT molecular complexity index is 503. The third-order valence-electron chi connectivity index (χ3n) is 1.77. The second-order valence-corrected chi connectivity index (χ2v) is 3.54. The highest BCUT2D eigenvalue weighted by atomic mass is 19.5. The molecule has 0 saturated heterocycles. The number of halogens is 4. The van der Waals surface area contributed by atoms with E-state index < -0.39 is 7.25 Å². The van der Waals surface area contributed by atoms with Gasteiger partial charge in [0, 0.05) is 12.1 Å². The molecule has 7 heteroatoms. The smallest absolute Gasteiger partial charge is 0.418 e. The van der Waals surface area contributed by atoms with Gasteiger partial charge in [-0.15, -0.1) is 0 Å². The summed E-state index contributed by atoms with van der Waals surface area (Å²) < 4.78 is 39.0. The zero-order valence-electron chi connectivity index (χ0n) is 10.7. The number of aromatic amines is 1. The van der Waals surface area contributed by atoms with E-state index in [4.69, 9.17) is 5.26 Å². The van der Waals surface area contributed by atoms with Gasteiger partial charge in [0.2, 0.25) is 0 Å². The molecule has 2 nitrogen and oxygen atoms in total. The highest BCUT2D eigenvalue weighted by Crippen LogP contribution is 2.06. The molecule has 0 fully saturated rings. The lowest BCUT2D eigenvalue weighted by molar-refractivity contribution is -0.382. The SMILES string of the molecule is Cc1ccccc1.F[B-](F)(F)F.N#Cc1cccc[nH+]1. The molecule has 0 aliphatic rings. The zero-order valence-corrected chi connectivity index (χ0v) is 10.7. The molecule has 0 radical (unpaired) electrons. The van der Waals surface area contributed by atoms with Crippen LogP contribution < -0.4 is 4.98 Å². The first-order valence-electron chi connectivity index (χ1n) is 5.58. The summed E-state index contributed by atoms with van der Waals surface area (Å²) in [4.78, 5) is 2.76. The van der Waals surface area contributed by atoms with Gasteiger partial charge < -0.3 is 17.3 Å². The lowest BCUT2D eigenvalue weighted by Crippen LogP contribution is -2.04. The van der Waals surface area contributed by atoms with E-state index in [1.807, 2.05) is 36.4 Å². The summed E-state index contributed by atoms with van der Waals surface area (Å²) >= 11 is 0. The van der Waals surface area contributed by atoms with Crippen molar-refractivity contribution in [2.75, 3.05) is 0 Å². The number of aromatic nitrogens is 1. The van der Waals surface area contributed by atoms with E-state index in [1.54, 1.807) is 12.3 Å². The molecular weight excluding hydrogens is 271 g/mol. The van der Waals surface area contributed by atoms with Crippen molar-refractivity contribution < 1.29 is 22.2 Å². The van der Waals surface area contributed by atoms with Gasteiger partial charge in [0.25, 0.3) is 5.69 Å². The van der Waals surface area contributed by atoms with Crippen molar-refractivity contribution in [3.05, 3.63) is 66.0 Å². The normalized spacial score (nSPS) is 9.20. The summed E-state index contributed by atoms with van der Waals surface area (Å²) in [6.45, 7) is 2.08. The van der Waals surface area contributed by atoms with Crippen molar-refractivity contribution in [2.45, 2.75) is 6.92 Å². The molecule has 1 aromatic heterocycles. The zero-order chi connectivity index (χ0) is 15.4. The van der Waals surface area contributed by atoms with Crippen LogP contribution in [0.5, 0.6) is 0 Å². The summed E-state index contributed by atoms with van der Waals surface area (Å²) in [5, 5.41) is 8.26. The van der Waals surface area contributed by atoms with Crippen molar-refractivity contribution >= 4 is 7.25 Å². The van der Waals surface area contributed by atoms with Crippen molar-refractivity contribution in [3.8, 4) is 6.07 Å². The average Bonchev–Trinajstić information content (AvgIpc) is 2.39. The fourth-order valence-electron chi connectivity index (χ4n) is 0.997. The molecule has 0 unspecified atom stereocenters. The number of H-pyrrole nitrogens is 1. The minimum absolute atomic E-state index is 0.590. The Labute approximate surface area is 114 Å². The van der Waals surface area contributed by atoms with Gasteiger partial charge in [-0.2, -0.15) is 5.26 Å². The first-order chi connectivity index (χ1) is 9.33. The Morgan fingerprint density at radius 2 is 1.45 bits per heavy atom. The number of nitriles is 1. The van der Waals surface area contributed by atoms with Crippen LogP contribution in [0.25, 0.3) is 0 Å². The summed E-state index contributed by atoms with van der Waals surface area (Å²) in [5.41, 5.74) is 1.91. The summed E-state index contributed by atoms with van der Waals surface area (Å²) in [6, 6.07) is 17.6. The van der Waals surface area contributed by atoms with E-state index in [1.165, 1.54) is 5.56 Å². The molecule has 0 aliphatic heterocycles. The van der Waals surface area contributed by atoms with Gasteiger partial charge in [-0.1, -0.05) is 35.9 Å². The molecule has 0 amide bonds. The van der Waals surface area contributed by atoms with Crippen LogP contribution in [0.3, 0.4) is 0 Å². The summed E-state index contributed by atoms with van der Waals surface area (Å²) in [5.74, 6) is 0. The van der Waals surface area contributed by atoms with E-state index in [2.05, 4.69) is 24.0 Å². The van der Waals surface area contributed by atoms with E-state index in [-0.39, 0.29) is 0 Å². The van der Waals surface area contributed by atoms with Gasteiger partial charge in [-0.05, 0) is 13.0 Å². The van der Waals surface area contributed by atoms with Gasteiger partial charge in [0.15, 0.2) is 12.3 Å². The fraction of sp³-hybridized carbons (Fsp3) is 0.0769. The highest BCUT2D eigenvalue weighted by Gasteiger charge is 2.20. The number of hydrogen-bond donors (Lipinski definition) is 0. The number of nitrogens with one attached hydrogen (secondary N) is 1. The van der Waals surface area contributed by atoms with Gasteiger partial charge in [0.05, 0.1) is 0 Å². The van der Waals surface area contributed by atoms with Crippen LogP contribution in [0.1, 0.15) is 11.3 Å². The monoisotopic (exact) mass is 284 g/mol. The molecule has 0 atom stereocenters. The third-order valence-corrected chi connectivity index (χ3v) is 1.77. The third kappa shape index (κ3) is 13.7. The second-order valence-electron chi connectivity index (χ2n) is 3.54. The number of nitrogens with zero attached hydrogens (tertiary/aromatic N) is 1. The van der Waals surface area contributed by atoms with Gasteiger partial charge in [-0.25, -0.2) is 4.98 Å². The lowest BCUT2D eigenvalue weighted by atomic mass is 10.2. The van der Waals surface area contributed by atoms with Gasteiger partial charge in [-0.3, -0.25) is 0 Å². The Kier molecular flexibility index (Phi) is 8.43. The molecule has 20 heavy (non-hydrogen) atoms.